The van der Waals surface area contributed by atoms with Crippen LogP contribution in [-0.4, -0.2) is 35.7 Å². The van der Waals surface area contributed by atoms with Gasteiger partial charge in [-0.25, -0.2) is 9.37 Å². The number of anilines is 5. The van der Waals surface area contributed by atoms with Gasteiger partial charge in [0, 0.05) is 17.1 Å². The molecule has 172 valence electrons. The number of rotatable bonds is 11. The number of aromatic nitrogens is 2. The molecule has 2 aromatic carbocycles. The van der Waals surface area contributed by atoms with E-state index in [-0.39, 0.29) is 30.9 Å². The summed E-state index contributed by atoms with van der Waals surface area (Å²) in [7, 11) is 0. The summed E-state index contributed by atoms with van der Waals surface area (Å²) in [6, 6.07) is 13.2. The van der Waals surface area contributed by atoms with Gasteiger partial charge in [-0.2, -0.15) is 13.8 Å². The number of amides is 1. The lowest BCUT2D eigenvalue weighted by atomic mass is 10.2. The molecule has 0 saturated carbocycles. The molecule has 0 aliphatic carbocycles. The van der Waals surface area contributed by atoms with Crippen molar-refractivity contribution in [2.45, 2.75) is 6.61 Å². The summed E-state index contributed by atoms with van der Waals surface area (Å²) in [6.45, 7) is 0.298. The van der Waals surface area contributed by atoms with Gasteiger partial charge < -0.3 is 25.4 Å². The van der Waals surface area contributed by atoms with Gasteiger partial charge in [0.1, 0.15) is 12.4 Å². The Morgan fingerprint density at radius 2 is 1.82 bits per heavy atom. The van der Waals surface area contributed by atoms with Crippen LogP contribution in [0.3, 0.4) is 0 Å². The van der Waals surface area contributed by atoms with Crippen LogP contribution in [0.25, 0.3) is 0 Å². The Hall–Kier alpha value is -4.12. The molecule has 0 aliphatic rings. The molecule has 0 spiro atoms. The summed E-state index contributed by atoms with van der Waals surface area (Å²) >= 11 is 0. The molecule has 0 bridgehead atoms. The number of nitrogens with one attached hydrogen (secondary N) is 3. The first kappa shape index (κ1) is 23.5. The van der Waals surface area contributed by atoms with Gasteiger partial charge in [-0.1, -0.05) is 12.6 Å². The summed E-state index contributed by atoms with van der Waals surface area (Å²) in [5, 5.41) is 8.40. The van der Waals surface area contributed by atoms with Gasteiger partial charge in [-0.15, -0.1) is 0 Å². The van der Waals surface area contributed by atoms with E-state index < -0.39 is 12.4 Å². The van der Waals surface area contributed by atoms with Crippen molar-refractivity contribution in [2.24, 2.45) is 0 Å². The predicted molar refractivity (Wildman–Crippen MR) is 118 cm³/mol. The van der Waals surface area contributed by atoms with E-state index in [0.29, 0.717) is 22.8 Å². The van der Waals surface area contributed by atoms with E-state index in [4.69, 9.17) is 4.74 Å². The fourth-order valence-electron chi connectivity index (χ4n) is 2.58. The zero-order chi connectivity index (χ0) is 23.6. The van der Waals surface area contributed by atoms with Gasteiger partial charge in [-0.3, -0.25) is 4.79 Å². The molecule has 3 rings (SSSR count). The molecule has 1 aromatic heterocycles. The normalized spacial score (nSPS) is 10.5. The Kier molecular flexibility index (Phi) is 8.19. The Morgan fingerprint density at radius 1 is 1.06 bits per heavy atom. The average Bonchev–Trinajstić information content (AvgIpc) is 2.80. The summed E-state index contributed by atoms with van der Waals surface area (Å²) in [6.07, 6.45) is 2.16. The van der Waals surface area contributed by atoms with Crippen LogP contribution in [0.5, 0.6) is 5.75 Å². The topological polar surface area (TPSA) is 97.4 Å². The molecule has 11 heteroatoms. The third-order valence-corrected chi connectivity index (χ3v) is 4.03. The van der Waals surface area contributed by atoms with Crippen molar-refractivity contribution in [3.05, 3.63) is 73.2 Å². The van der Waals surface area contributed by atoms with Gasteiger partial charge in [0.15, 0.2) is 11.6 Å². The molecule has 0 atom stereocenters. The molecule has 0 unspecified atom stereocenters. The fourth-order valence-corrected chi connectivity index (χ4v) is 2.58. The number of hydrogen-bond acceptors (Lipinski definition) is 7. The maximum atomic E-state index is 14.2. The lowest BCUT2D eigenvalue weighted by Crippen LogP contribution is -2.09. The number of carbonyl (C=O) groups is 1. The van der Waals surface area contributed by atoms with Crippen molar-refractivity contribution < 1.29 is 27.4 Å². The van der Waals surface area contributed by atoms with Crippen LogP contribution >= 0.6 is 0 Å². The van der Waals surface area contributed by atoms with Crippen molar-refractivity contribution in [3.63, 3.8) is 0 Å². The minimum atomic E-state index is -2.84. The summed E-state index contributed by atoms with van der Waals surface area (Å²) < 4.78 is 47.5. The second kappa shape index (κ2) is 11.5. The summed E-state index contributed by atoms with van der Waals surface area (Å²) in [5.41, 5.74) is 1.59. The maximum Gasteiger partial charge on any atom is 0.345 e. The number of alkyl halides is 2. The molecular weight excluding hydrogens is 439 g/mol. The highest BCUT2D eigenvalue weighted by atomic mass is 19.3. The molecule has 33 heavy (non-hydrogen) atoms. The first-order valence-electron chi connectivity index (χ1n) is 9.65. The third kappa shape index (κ3) is 7.51. The fraction of sp³-hybridized carbons (Fsp3) is 0.136. The van der Waals surface area contributed by atoms with Gasteiger partial charge >= 0.3 is 6.61 Å². The molecule has 0 saturated heterocycles. The van der Waals surface area contributed by atoms with E-state index in [2.05, 4.69) is 37.2 Å². The Bertz CT molecular complexity index is 1100. The largest absolute Gasteiger partial charge is 0.491 e. The zero-order valence-corrected chi connectivity index (χ0v) is 17.2. The zero-order valence-electron chi connectivity index (χ0n) is 17.2. The number of nitrogens with zero attached hydrogens (tertiary/aromatic N) is 2. The summed E-state index contributed by atoms with van der Waals surface area (Å²) in [4.78, 5) is 19.5. The average molecular weight is 459 g/mol. The van der Waals surface area contributed by atoms with Crippen LogP contribution in [0.15, 0.2) is 67.4 Å². The smallest absolute Gasteiger partial charge is 0.345 e. The van der Waals surface area contributed by atoms with Crippen LogP contribution in [0.2, 0.25) is 0 Å². The van der Waals surface area contributed by atoms with Crippen molar-refractivity contribution >= 4 is 34.7 Å². The molecule has 3 aromatic rings. The van der Waals surface area contributed by atoms with Crippen molar-refractivity contribution in [2.75, 3.05) is 29.2 Å². The Morgan fingerprint density at radius 3 is 2.55 bits per heavy atom. The lowest BCUT2D eigenvalue weighted by molar-refractivity contribution is -0.133. The second-order valence-electron chi connectivity index (χ2n) is 6.42. The van der Waals surface area contributed by atoms with Crippen LogP contribution in [0.1, 0.15) is 0 Å². The minimum Gasteiger partial charge on any atom is -0.491 e. The van der Waals surface area contributed by atoms with E-state index in [0.717, 1.165) is 12.3 Å². The quantitative estimate of drug-likeness (QED) is 0.279. The monoisotopic (exact) mass is 459 g/mol. The van der Waals surface area contributed by atoms with Crippen LogP contribution < -0.4 is 20.7 Å². The molecule has 3 N–H and O–H groups in total. The number of carbonyl (C=O) groups excluding carboxylic acids is 1. The van der Waals surface area contributed by atoms with Gasteiger partial charge in [-0.05, 0) is 48.5 Å². The SMILES string of the molecule is C=CC(=O)Nc1cccc(Nc2nc(Nc3ccc(OCCOC(F)F)cc3)ncc2F)c1. The van der Waals surface area contributed by atoms with Gasteiger partial charge in [0.05, 0.1) is 12.8 Å². The van der Waals surface area contributed by atoms with Crippen LogP contribution in [0.4, 0.5) is 42.0 Å². The molecule has 1 heterocycles. The van der Waals surface area contributed by atoms with E-state index in [1.165, 1.54) is 0 Å². The van der Waals surface area contributed by atoms with E-state index in [1.54, 1.807) is 48.5 Å². The number of halogens is 3. The Labute approximate surface area is 187 Å². The molecule has 0 aliphatic heterocycles. The predicted octanol–water partition coefficient (Wildman–Crippen LogP) is 4.85. The van der Waals surface area contributed by atoms with E-state index in [9.17, 15) is 18.0 Å². The molecule has 0 radical (unpaired) electrons. The standard InChI is InChI=1S/C22H20F3N5O3/c1-2-19(31)27-15-4-3-5-16(12-15)28-20-18(23)13-26-22(30-20)29-14-6-8-17(9-7-14)32-10-11-33-21(24)25/h2-9,12-13,21H,1,10-11H2,(H,27,31)(H2,26,28,29,30). The molecular formula is C22H20F3N5O3. The summed E-state index contributed by atoms with van der Waals surface area (Å²) in [5.74, 6) is -0.516. The van der Waals surface area contributed by atoms with Gasteiger partial charge in [0.25, 0.3) is 0 Å². The highest BCUT2D eigenvalue weighted by Gasteiger charge is 2.09. The van der Waals surface area contributed by atoms with E-state index in [1.807, 2.05) is 0 Å². The second-order valence-corrected chi connectivity index (χ2v) is 6.42. The third-order valence-electron chi connectivity index (χ3n) is 4.03. The molecule has 1 amide bonds. The van der Waals surface area contributed by atoms with Crippen molar-refractivity contribution in [1.82, 2.24) is 9.97 Å². The van der Waals surface area contributed by atoms with Crippen molar-refractivity contribution in [3.8, 4) is 5.75 Å². The minimum absolute atomic E-state index is 0.0221. The maximum absolute atomic E-state index is 14.2. The number of ether oxygens (including phenoxy) is 2. The number of hydrogen-bond donors (Lipinski definition) is 3. The molecule has 8 nitrogen and oxygen atoms in total. The van der Waals surface area contributed by atoms with Crippen LogP contribution in [-0.2, 0) is 9.53 Å². The van der Waals surface area contributed by atoms with Gasteiger partial charge in [0.2, 0.25) is 11.9 Å². The first-order valence-corrected chi connectivity index (χ1v) is 9.65. The highest BCUT2D eigenvalue weighted by molar-refractivity contribution is 5.99. The van der Waals surface area contributed by atoms with E-state index >= 15 is 0 Å². The van der Waals surface area contributed by atoms with Crippen LogP contribution in [0, 0.1) is 5.82 Å². The molecule has 0 fully saturated rings. The first-order chi connectivity index (χ1) is 15.9. The lowest BCUT2D eigenvalue weighted by Gasteiger charge is -2.11. The highest BCUT2D eigenvalue weighted by Crippen LogP contribution is 2.23. The Balaban J connectivity index is 1.63. The van der Waals surface area contributed by atoms with Crippen molar-refractivity contribution in [1.29, 1.82) is 0 Å². The number of benzene rings is 2.